The molecule has 0 unspecified atom stereocenters. The lowest BCUT2D eigenvalue weighted by atomic mass is 10.1. The molecule has 2 N–H and O–H groups in total. The standard InChI is InChI=1S/C12H11FN2O/c1-16-12-3-2-8(6-10(12)13)9-4-5-15-7-11(9)14/h2-7H,14H2,1H3. The summed E-state index contributed by atoms with van der Waals surface area (Å²) in [6, 6.07) is 6.47. The Balaban J connectivity index is 2.50. The van der Waals surface area contributed by atoms with Crippen LogP contribution in [-0.4, -0.2) is 12.1 Å². The highest BCUT2D eigenvalue weighted by Crippen LogP contribution is 2.28. The van der Waals surface area contributed by atoms with Crippen LogP contribution in [0.25, 0.3) is 11.1 Å². The number of methoxy groups -OCH3 is 1. The first kappa shape index (κ1) is 10.4. The van der Waals surface area contributed by atoms with Gasteiger partial charge in [-0.15, -0.1) is 0 Å². The second-order valence-electron chi connectivity index (χ2n) is 3.31. The predicted molar refractivity (Wildman–Crippen MR) is 60.6 cm³/mol. The molecule has 0 fully saturated rings. The molecule has 0 bridgehead atoms. The molecule has 3 nitrogen and oxygen atoms in total. The quantitative estimate of drug-likeness (QED) is 0.842. The van der Waals surface area contributed by atoms with Crippen LogP contribution in [0.4, 0.5) is 10.1 Å². The molecule has 0 radical (unpaired) electrons. The molecular formula is C12H11FN2O. The third kappa shape index (κ3) is 1.82. The number of ether oxygens (including phenoxy) is 1. The second-order valence-corrected chi connectivity index (χ2v) is 3.31. The predicted octanol–water partition coefficient (Wildman–Crippen LogP) is 2.48. The summed E-state index contributed by atoms with van der Waals surface area (Å²) in [5, 5.41) is 0. The van der Waals surface area contributed by atoms with Gasteiger partial charge in [0.25, 0.3) is 0 Å². The van der Waals surface area contributed by atoms with E-state index in [1.807, 2.05) is 0 Å². The number of nitrogens with two attached hydrogens (primary N) is 1. The Hall–Kier alpha value is -2.10. The van der Waals surface area contributed by atoms with E-state index >= 15 is 0 Å². The molecule has 4 heteroatoms. The molecule has 2 rings (SSSR count). The molecule has 16 heavy (non-hydrogen) atoms. The highest BCUT2D eigenvalue weighted by atomic mass is 19.1. The Labute approximate surface area is 92.7 Å². The van der Waals surface area contributed by atoms with Crippen LogP contribution in [0, 0.1) is 5.82 Å². The molecule has 0 saturated carbocycles. The molecule has 1 aromatic heterocycles. The van der Waals surface area contributed by atoms with E-state index < -0.39 is 5.82 Å². The lowest BCUT2D eigenvalue weighted by Gasteiger charge is -2.07. The molecule has 0 amide bonds. The lowest BCUT2D eigenvalue weighted by molar-refractivity contribution is 0.386. The van der Waals surface area contributed by atoms with Crippen LogP contribution in [-0.2, 0) is 0 Å². The molecule has 0 aliphatic rings. The van der Waals surface area contributed by atoms with Crippen molar-refractivity contribution in [1.82, 2.24) is 4.98 Å². The summed E-state index contributed by atoms with van der Waals surface area (Å²) in [5.74, 6) is -0.187. The summed E-state index contributed by atoms with van der Waals surface area (Å²) >= 11 is 0. The highest BCUT2D eigenvalue weighted by Gasteiger charge is 2.07. The number of rotatable bonds is 2. The highest BCUT2D eigenvalue weighted by molar-refractivity contribution is 5.75. The summed E-state index contributed by atoms with van der Waals surface area (Å²) in [7, 11) is 1.43. The first-order chi connectivity index (χ1) is 7.72. The average Bonchev–Trinajstić information content (AvgIpc) is 2.29. The summed E-state index contributed by atoms with van der Waals surface area (Å²) < 4.78 is 18.3. The van der Waals surface area contributed by atoms with E-state index in [1.54, 1.807) is 24.4 Å². The Morgan fingerprint density at radius 1 is 1.31 bits per heavy atom. The zero-order valence-corrected chi connectivity index (χ0v) is 8.77. The van der Waals surface area contributed by atoms with Crippen LogP contribution >= 0.6 is 0 Å². The zero-order valence-electron chi connectivity index (χ0n) is 8.77. The third-order valence-corrected chi connectivity index (χ3v) is 2.31. The maximum atomic E-state index is 13.5. The van der Waals surface area contributed by atoms with Gasteiger partial charge >= 0.3 is 0 Å². The number of benzene rings is 1. The lowest BCUT2D eigenvalue weighted by Crippen LogP contribution is -1.93. The number of anilines is 1. The Morgan fingerprint density at radius 3 is 2.75 bits per heavy atom. The summed E-state index contributed by atoms with van der Waals surface area (Å²) in [5.41, 5.74) is 7.74. The SMILES string of the molecule is COc1ccc(-c2ccncc2N)cc1F. The monoisotopic (exact) mass is 218 g/mol. The molecule has 0 aliphatic heterocycles. The number of hydrogen-bond donors (Lipinski definition) is 1. The van der Waals surface area contributed by atoms with Crippen molar-refractivity contribution in [2.45, 2.75) is 0 Å². The smallest absolute Gasteiger partial charge is 0.165 e. The average molecular weight is 218 g/mol. The van der Waals surface area contributed by atoms with Crippen LogP contribution in [0.3, 0.4) is 0 Å². The van der Waals surface area contributed by atoms with Crippen molar-refractivity contribution >= 4 is 5.69 Å². The minimum absolute atomic E-state index is 0.219. The number of halogens is 1. The molecular weight excluding hydrogens is 207 g/mol. The number of hydrogen-bond acceptors (Lipinski definition) is 3. The molecule has 1 aromatic carbocycles. The van der Waals surface area contributed by atoms with Crippen molar-refractivity contribution in [3.8, 4) is 16.9 Å². The normalized spacial score (nSPS) is 10.1. The molecule has 0 atom stereocenters. The minimum atomic E-state index is -0.406. The van der Waals surface area contributed by atoms with Crippen molar-refractivity contribution in [3.63, 3.8) is 0 Å². The van der Waals surface area contributed by atoms with Crippen LogP contribution in [0.2, 0.25) is 0 Å². The summed E-state index contributed by atoms with van der Waals surface area (Å²) in [4.78, 5) is 3.88. The Bertz CT molecular complexity index is 514. The van der Waals surface area contributed by atoms with Gasteiger partial charge in [-0.25, -0.2) is 4.39 Å². The fourth-order valence-electron chi connectivity index (χ4n) is 1.50. The minimum Gasteiger partial charge on any atom is -0.494 e. The summed E-state index contributed by atoms with van der Waals surface area (Å²) in [6.45, 7) is 0. The largest absolute Gasteiger partial charge is 0.494 e. The maximum absolute atomic E-state index is 13.5. The van der Waals surface area contributed by atoms with Gasteiger partial charge in [0.1, 0.15) is 0 Å². The first-order valence-electron chi connectivity index (χ1n) is 4.76. The van der Waals surface area contributed by atoms with E-state index in [2.05, 4.69) is 4.98 Å². The van der Waals surface area contributed by atoms with E-state index in [4.69, 9.17) is 10.5 Å². The molecule has 0 aliphatic carbocycles. The molecule has 82 valence electrons. The number of pyridine rings is 1. The molecule has 0 spiro atoms. The van der Waals surface area contributed by atoms with Crippen LogP contribution in [0.1, 0.15) is 0 Å². The molecule has 0 saturated heterocycles. The van der Waals surface area contributed by atoms with Crippen LogP contribution < -0.4 is 10.5 Å². The maximum Gasteiger partial charge on any atom is 0.165 e. The topological polar surface area (TPSA) is 48.1 Å². The van der Waals surface area contributed by atoms with Crippen LogP contribution in [0.5, 0.6) is 5.75 Å². The zero-order chi connectivity index (χ0) is 11.5. The van der Waals surface area contributed by atoms with Crippen LogP contribution in [0.15, 0.2) is 36.7 Å². The third-order valence-electron chi connectivity index (χ3n) is 2.31. The Morgan fingerprint density at radius 2 is 2.12 bits per heavy atom. The van der Waals surface area contributed by atoms with Gasteiger partial charge in [-0.2, -0.15) is 0 Å². The summed E-state index contributed by atoms with van der Waals surface area (Å²) in [6.07, 6.45) is 3.16. The van der Waals surface area contributed by atoms with E-state index in [-0.39, 0.29) is 5.75 Å². The van der Waals surface area contributed by atoms with E-state index in [0.717, 1.165) is 5.56 Å². The molecule has 2 aromatic rings. The van der Waals surface area contributed by atoms with Gasteiger partial charge in [0.15, 0.2) is 11.6 Å². The van der Waals surface area contributed by atoms with Gasteiger partial charge in [-0.3, -0.25) is 4.98 Å². The number of nitrogens with zero attached hydrogens (tertiary/aromatic N) is 1. The first-order valence-corrected chi connectivity index (χ1v) is 4.76. The van der Waals surface area contributed by atoms with Gasteiger partial charge in [0.2, 0.25) is 0 Å². The Kier molecular flexibility index (Phi) is 2.72. The van der Waals surface area contributed by atoms with Gasteiger partial charge in [-0.05, 0) is 23.8 Å². The van der Waals surface area contributed by atoms with E-state index in [9.17, 15) is 4.39 Å². The number of aromatic nitrogens is 1. The van der Waals surface area contributed by atoms with E-state index in [0.29, 0.717) is 11.3 Å². The van der Waals surface area contributed by atoms with Gasteiger partial charge in [0.05, 0.1) is 19.0 Å². The van der Waals surface area contributed by atoms with Crippen molar-refractivity contribution in [1.29, 1.82) is 0 Å². The fourth-order valence-corrected chi connectivity index (χ4v) is 1.50. The van der Waals surface area contributed by atoms with Crippen molar-refractivity contribution < 1.29 is 9.13 Å². The van der Waals surface area contributed by atoms with Crippen molar-refractivity contribution in [2.75, 3.05) is 12.8 Å². The van der Waals surface area contributed by atoms with Gasteiger partial charge < -0.3 is 10.5 Å². The van der Waals surface area contributed by atoms with Gasteiger partial charge in [0, 0.05) is 11.8 Å². The van der Waals surface area contributed by atoms with Gasteiger partial charge in [-0.1, -0.05) is 6.07 Å². The molecule has 1 heterocycles. The van der Waals surface area contributed by atoms with Crippen molar-refractivity contribution in [2.24, 2.45) is 0 Å². The fraction of sp³-hybridized carbons (Fsp3) is 0.0833. The van der Waals surface area contributed by atoms with Crippen molar-refractivity contribution in [3.05, 3.63) is 42.5 Å². The number of nitrogen functional groups attached to an aromatic ring is 1. The second kappa shape index (κ2) is 4.18. The van der Waals surface area contributed by atoms with E-state index in [1.165, 1.54) is 19.4 Å².